The Kier molecular flexibility index (Phi) is 39.9. The molecule has 9 heavy (non-hydrogen) atoms. The average Bonchev–Trinajstić information content (AvgIpc) is 1.76. The van der Waals surface area contributed by atoms with E-state index in [2.05, 4.69) is 0 Å². The molecule has 51 valence electrons. The SMILES string of the molecule is [Cl-].[Cl-].[Cl-].[V+4].c1cc[cH-]c1. The minimum absolute atomic E-state index is 0. The quantitative estimate of drug-likeness (QED) is 0.383. The summed E-state index contributed by atoms with van der Waals surface area (Å²) in [6, 6.07) is 10.0. The summed E-state index contributed by atoms with van der Waals surface area (Å²) < 4.78 is 0. The first kappa shape index (κ1) is 22.6. The third-order valence-corrected chi connectivity index (χ3v) is 0.556. The summed E-state index contributed by atoms with van der Waals surface area (Å²) in [5.74, 6) is 0. The van der Waals surface area contributed by atoms with E-state index >= 15 is 0 Å². The van der Waals surface area contributed by atoms with Crippen LogP contribution in [0.15, 0.2) is 30.3 Å². The largest absolute Gasteiger partial charge is 4.00 e. The Morgan fingerprint density at radius 1 is 0.778 bits per heavy atom. The summed E-state index contributed by atoms with van der Waals surface area (Å²) in [4.78, 5) is 0. The van der Waals surface area contributed by atoms with Crippen molar-refractivity contribution in [3.63, 3.8) is 0 Å². The van der Waals surface area contributed by atoms with Crippen molar-refractivity contribution in [3.8, 4) is 0 Å². The minimum Gasteiger partial charge on any atom is -1.00 e. The van der Waals surface area contributed by atoms with Gasteiger partial charge in [-0.15, -0.1) is 0 Å². The third kappa shape index (κ3) is 12.1. The summed E-state index contributed by atoms with van der Waals surface area (Å²) in [7, 11) is 0. The van der Waals surface area contributed by atoms with Crippen molar-refractivity contribution < 1.29 is 55.8 Å². The fourth-order valence-corrected chi connectivity index (χ4v) is 0.321. The van der Waals surface area contributed by atoms with Crippen molar-refractivity contribution in [2.24, 2.45) is 0 Å². The Bertz CT molecular complexity index is 68.7. The monoisotopic (exact) mass is 221 g/mol. The van der Waals surface area contributed by atoms with Crippen LogP contribution in [0.3, 0.4) is 0 Å². The molecular weight excluding hydrogens is 217 g/mol. The van der Waals surface area contributed by atoms with Gasteiger partial charge >= 0.3 is 18.6 Å². The van der Waals surface area contributed by atoms with E-state index in [1.165, 1.54) is 0 Å². The fraction of sp³-hybridized carbons (Fsp3) is 0. The Balaban J connectivity index is -0.0000000312. The smallest absolute Gasteiger partial charge is 1.00 e. The van der Waals surface area contributed by atoms with Crippen LogP contribution >= 0.6 is 0 Å². The zero-order chi connectivity index (χ0) is 3.54. The van der Waals surface area contributed by atoms with E-state index in [1.807, 2.05) is 30.3 Å². The molecule has 0 saturated carbocycles. The third-order valence-electron chi connectivity index (χ3n) is 0.556. The fourth-order valence-electron chi connectivity index (χ4n) is 0.321. The molecule has 1 rings (SSSR count). The van der Waals surface area contributed by atoms with E-state index in [1.54, 1.807) is 0 Å². The molecule has 1 aromatic carbocycles. The summed E-state index contributed by atoms with van der Waals surface area (Å²) in [5, 5.41) is 0. The molecule has 0 bridgehead atoms. The second-order valence-corrected chi connectivity index (χ2v) is 0.962. The minimum atomic E-state index is 0. The van der Waals surface area contributed by atoms with Crippen LogP contribution in [0.25, 0.3) is 0 Å². The van der Waals surface area contributed by atoms with Crippen LogP contribution in [0.5, 0.6) is 0 Å². The van der Waals surface area contributed by atoms with Crippen LogP contribution in [-0.4, -0.2) is 0 Å². The summed E-state index contributed by atoms with van der Waals surface area (Å²) in [5.41, 5.74) is 0. The van der Waals surface area contributed by atoms with E-state index in [-0.39, 0.29) is 55.8 Å². The Morgan fingerprint density at radius 3 is 1.22 bits per heavy atom. The van der Waals surface area contributed by atoms with Crippen molar-refractivity contribution in [3.05, 3.63) is 30.3 Å². The molecule has 0 saturated heterocycles. The molecule has 0 aliphatic carbocycles. The molecule has 0 unspecified atom stereocenters. The van der Waals surface area contributed by atoms with E-state index in [9.17, 15) is 0 Å². The van der Waals surface area contributed by atoms with Crippen LogP contribution in [-0.2, 0) is 18.6 Å². The number of hydrogen-bond acceptors (Lipinski definition) is 0. The standard InChI is InChI=1S/C5H5.3ClH.V/c1-2-4-5-3-1;;;;/h1-5H;3*1H;/q-1;;;;+4/p-3. The molecule has 4 heteroatoms. The second-order valence-electron chi connectivity index (χ2n) is 0.962. The maximum Gasteiger partial charge on any atom is 4.00 e. The molecule has 0 spiro atoms. The zero-order valence-corrected chi connectivity index (χ0v) is 8.13. The van der Waals surface area contributed by atoms with Gasteiger partial charge in [-0.1, -0.05) is 0 Å². The molecule has 1 radical (unpaired) electrons. The summed E-state index contributed by atoms with van der Waals surface area (Å²) in [6.07, 6.45) is 0. The molecule has 0 aromatic heterocycles. The first-order valence-corrected chi connectivity index (χ1v) is 1.67. The number of hydrogen-bond donors (Lipinski definition) is 0. The van der Waals surface area contributed by atoms with Crippen molar-refractivity contribution in [2.75, 3.05) is 0 Å². The maximum absolute atomic E-state index is 2.00. The second kappa shape index (κ2) is 15.9. The van der Waals surface area contributed by atoms with E-state index in [4.69, 9.17) is 0 Å². The van der Waals surface area contributed by atoms with Crippen molar-refractivity contribution in [1.82, 2.24) is 0 Å². The van der Waals surface area contributed by atoms with Crippen molar-refractivity contribution in [2.45, 2.75) is 0 Å². The van der Waals surface area contributed by atoms with Gasteiger partial charge in [0.15, 0.2) is 0 Å². The molecule has 0 amide bonds. The number of rotatable bonds is 0. The van der Waals surface area contributed by atoms with Gasteiger partial charge < -0.3 is 37.2 Å². The predicted octanol–water partition coefficient (Wildman–Crippen LogP) is -7.59. The van der Waals surface area contributed by atoms with Crippen molar-refractivity contribution >= 4 is 0 Å². The Hall–Kier alpha value is 0.804. The zero-order valence-electron chi connectivity index (χ0n) is 4.47. The van der Waals surface area contributed by atoms with Crippen LogP contribution in [0.4, 0.5) is 0 Å². The Morgan fingerprint density at radius 2 is 1.11 bits per heavy atom. The molecule has 0 atom stereocenters. The molecule has 0 aliphatic rings. The van der Waals surface area contributed by atoms with Gasteiger partial charge in [-0.05, 0) is 0 Å². The van der Waals surface area contributed by atoms with Crippen LogP contribution in [0.1, 0.15) is 0 Å². The molecule has 0 aliphatic heterocycles. The van der Waals surface area contributed by atoms with Crippen LogP contribution < -0.4 is 37.2 Å². The number of halogens is 3. The normalized spacial score (nSPS) is 4.44. The van der Waals surface area contributed by atoms with Crippen LogP contribution in [0, 0.1) is 0 Å². The summed E-state index contributed by atoms with van der Waals surface area (Å²) >= 11 is 0. The van der Waals surface area contributed by atoms with E-state index in [0.717, 1.165) is 0 Å². The van der Waals surface area contributed by atoms with Gasteiger partial charge in [0, 0.05) is 0 Å². The summed E-state index contributed by atoms with van der Waals surface area (Å²) in [6.45, 7) is 0. The topological polar surface area (TPSA) is 0 Å². The first-order chi connectivity index (χ1) is 2.50. The molecule has 0 heterocycles. The van der Waals surface area contributed by atoms with Crippen molar-refractivity contribution in [1.29, 1.82) is 0 Å². The predicted molar refractivity (Wildman–Crippen MR) is 22.0 cm³/mol. The van der Waals surface area contributed by atoms with Gasteiger partial charge in [0.2, 0.25) is 0 Å². The molecule has 0 fully saturated rings. The Labute approximate surface area is 85.9 Å². The maximum atomic E-state index is 2.00. The van der Waals surface area contributed by atoms with Gasteiger partial charge in [-0.25, -0.2) is 12.1 Å². The molecule has 0 N–H and O–H groups in total. The van der Waals surface area contributed by atoms with E-state index < -0.39 is 0 Å². The van der Waals surface area contributed by atoms with E-state index in [0.29, 0.717) is 0 Å². The van der Waals surface area contributed by atoms with Crippen LogP contribution in [0.2, 0.25) is 0 Å². The van der Waals surface area contributed by atoms with Gasteiger partial charge in [0.1, 0.15) is 0 Å². The molecular formula is C5H5Cl3V. The molecule has 0 nitrogen and oxygen atoms in total. The van der Waals surface area contributed by atoms with Gasteiger partial charge in [0.25, 0.3) is 0 Å². The van der Waals surface area contributed by atoms with Gasteiger partial charge in [-0.3, -0.25) is 0 Å². The van der Waals surface area contributed by atoms with Gasteiger partial charge in [-0.2, -0.15) is 18.2 Å². The van der Waals surface area contributed by atoms with Gasteiger partial charge in [0.05, 0.1) is 0 Å². The molecule has 1 aromatic rings. The first-order valence-electron chi connectivity index (χ1n) is 1.67. The average molecular weight is 222 g/mol.